The van der Waals surface area contributed by atoms with E-state index in [2.05, 4.69) is 19.9 Å². The molecule has 0 atom stereocenters. The highest BCUT2D eigenvalue weighted by molar-refractivity contribution is 5.96. The van der Waals surface area contributed by atoms with Gasteiger partial charge in [-0.05, 0) is 12.1 Å². The normalized spacial score (nSPS) is 12.4. The molecule has 2 heterocycles. The SMILES string of the molecule is COc1cccc2nc(C(F)(F)F)nc(-c3cnc(C(F)(F)F)nc3)c12. The summed E-state index contributed by atoms with van der Waals surface area (Å²) in [5.41, 5.74) is -0.504. The Morgan fingerprint density at radius 3 is 2.00 bits per heavy atom. The number of alkyl halides is 6. The Balaban J connectivity index is 2.29. The van der Waals surface area contributed by atoms with E-state index in [0.29, 0.717) is 0 Å². The maximum Gasteiger partial charge on any atom is 0.451 e. The maximum atomic E-state index is 13.1. The first-order chi connectivity index (χ1) is 12.1. The van der Waals surface area contributed by atoms with Gasteiger partial charge in [-0.3, -0.25) is 0 Å². The topological polar surface area (TPSA) is 60.8 Å². The lowest BCUT2D eigenvalue weighted by molar-refractivity contribution is -0.145. The summed E-state index contributed by atoms with van der Waals surface area (Å²) >= 11 is 0. The zero-order valence-corrected chi connectivity index (χ0v) is 12.9. The number of benzene rings is 1. The molecule has 0 aliphatic carbocycles. The zero-order chi connectivity index (χ0) is 19.1. The van der Waals surface area contributed by atoms with Crippen LogP contribution in [0.4, 0.5) is 26.3 Å². The highest BCUT2D eigenvalue weighted by atomic mass is 19.4. The van der Waals surface area contributed by atoms with Crippen LogP contribution in [0, 0.1) is 0 Å². The van der Waals surface area contributed by atoms with Crippen molar-refractivity contribution in [3.05, 3.63) is 42.2 Å². The largest absolute Gasteiger partial charge is 0.496 e. The van der Waals surface area contributed by atoms with Crippen LogP contribution in [-0.4, -0.2) is 27.0 Å². The van der Waals surface area contributed by atoms with E-state index in [0.717, 1.165) is 12.4 Å². The molecule has 0 radical (unpaired) electrons. The van der Waals surface area contributed by atoms with E-state index in [1.165, 1.54) is 25.3 Å². The lowest BCUT2D eigenvalue weighted by Gasteiger charge is -2.13. The van der Waals surface area contributed by atoms with Crippen molar-refractivity contribution in [2.45, 2.75) is 12.4 Å². The van der Waals surface area contributed by atoms with Crippen LogP contribution in [0.1, 0.15) is 11.6 Å². The standard InChI is InChI=1S/C15H8F6N4O/c1-26-9-4-2-3-8-10(9)11(25-13(24-8)15(19,20)21)7-5-22-12(23-6-7)14(16,17)18/h2-6H,1H3. The highest BCUT2D eigenvalue weighted by Crippen LogP contribution is 2.36. The van der Waals surface area contributed by atoms with Gasteiger partial charge in [0.1, 0.15) is 5.75 Å². The Labute approximate surface area is 141 Å². The molecule has 0 saturated heterocycles. The van der Waals surface area contributed by atoms with Gasteiger partial charge in [0.2, 0.25) is 11.6 Å². The number of aromatic nitrogens is 4. The number of methoxy groups -OCH3 is 1. The molecule has 136 valence electrons. The molecular formula is C15H8F6N4O. The van der Waals surface area contributed by atoms with Crippen molar-refractivity contribution >= 4 is 10.9 Å². The molecule has 2 aromatic heterocycles. The first-order valence-corrected chi connectivity index (χ1v) is 6.93. The number of fused-ring (bicyclic) bond motifs is 1. The number of nitrogens with zero attached hydrogens (tertiary/aromatic N) is 4. The molecule has 11 heteroatoms. The van der Waals surface area contributed by atoms with Crippen LogP contribution < -0.4 is 4.74 Å². The summed E-state index contributed by atoms with van der Waals surface area (Å²) in [6.07, 6.45) is -8.12. The van der Waals surface area contributed by atoms with E-state index in [-0.39, 0.29) is 27.9 Å². The average Bonchev–Trinajstić information content (AvgIpc) is 2.58. The molecule has 26 heavy (non-hydrogen) atoms. The summed E-state index contributed by atoms with van der Waals surface area (Å²) in [6.45, 7) is 0. The quantitative estimate of drug-likeness (QED) is 0.631. The van der Waals surface area contributed by atoms with Gasteiger partial charge in [0.25, 0.3) is 0 Å². The van der Waals surface area contributed by atoms with Crippen molar-refractivity contribution < 1.29 is 31.1 Å². The fourth-order valence-corrected chi connectivity index (χ4v) is 2.25. The van der Waals surface area contributed by atoms with Crippen LogP contribution in [0.15, 0.2) is 30.6 Å². The third kappa shape index (κ3) is 3.24. The highest BCUT2D eigenvalue weighted by Gasteiger charge is 2.37. The molecule has 5 nitrogen and oxygen atoms in total. The first-order valence-electron chi connectivity index (χ1n) is 6.93. The van der Waals surface area contributed by atoms with Gasteiger partial charge < -0.3 is 4.74 Å². The van der Waals surface area contributed by atoms with Crippen molar-refractivity contribution in [1.82, 2.24) is 19.9 Å². The van der Waals surface area contributed by atoms with Gasteiger partial charge in [-0.1, -0.05) is 6.07 Å². The molecule has 0 aliphatic heterocycles. The van der Waals surface area contributed by atoms with Crippen LogP contribution in [0.25, 0.3) is 22.2 Å². The minimum atomic E-state index is -4.85. The van der Waals surface area contributed by atoms with Gasteiger partial charge in [-0.2, -0.15) is 26.3 Å². The molecule has 0 spiro atoms. The number of hydrogen-bond acceptors (Lipinski definition) is 5. The fraction of sp³-hybridized carbons (Fsp3) is 0.200. The van der Waals surface area contributed by atoms with Crippen LogP contribution in [-0.2, 0) is 12.4 Å². The molecule has 0 aliphatic rings. The second-order valence-corrected chi connectivity index (χ2v) is 5.04. The first kappa shape index (κ1) is 17.8. The van der Waals surface area contributed by atoms with Crippen LogP contribution in [0.3, 0.4) is 0 Å². The Kier molecular flexibility index (Phi) is 4.17. The van der Waals surface area contributed by atoms with Crippen molar-refractivity contribution in [2.75, 3.05) is 7.11 Å². The monoisotopic (exact) mass is 374 g/mol. The van der Waals surface area contributed by atoms with Crippen LogP contribution >= 0.6 is 0 Å². The molecule has 0 unspecified atom stereocenters. The van der Waals surface area contributed by atoms with Crippen molar-refractivity contribution in [3.8, 4) is 17.0 Å². The lowest BCUT2D eigenvalue weighted by atomic mass is 10.1. The predicted octanol–water partition coefficient (Wildman–Crippen LogP) is 4.13. The molecule has 3 aromatic rings. The molecular weight excluding hydrogens is 366 g/mol. The van der Waals surface area contributed by atoms with Gasteiger partial charge in [0.15, 0.2) is 0 Å². The molecule has 0 amide bonds. The third-order valence-electron chi connectivity index (χ3n) is 3.34. The number of ether oxygens (including phenoxy) is 1. The maximum absolute atomic E-state index is 13.1. The van der Waals surface area contributed by atoms with E-state index < -0.39 is 24.0 Å². The number of hydrogen-bond donors (Lipinski definition) is 0. The second kappa shape index (κ2) is 6.07. The van der Waals surface area contributed by atoms with E-state index in [1.807, 2.05) is 0 Å². The third-order valence-corrected chi connectivity index (χ3v) is 3.34. The molecule has 3 rings (SSSR count). The minimum Gasteiger partial charge on any atom is -0.496 e. The van der Waals surface area contributed by atoms with Gasteiger partial charge >= 0.3 is 12.4 Å². The van der Waals surface area contributed by atoms with Crippen LogP contribution in [0.5, 0.6) is 5.75 Å². The van der Waals surface area contributed by atoms with Crippen molar-refractivity contribution in [1.29, 1.82) is 0 Å². The molecule has 0 saturated carbocycles. The number of halogens is 6. The predicted molar refractivity (Wildman–Crippen MR) is 77.1 cm³/mol. The van der Waals surface area contributed by atoms with Gasteiger partial charge in [0.05, 0.1) is 23.7 Å². The lowest BCUT2D eigenvalue weighted by Crippen LogP contribution is -2.13. The van der Waals surface area contributed by atoms with E-state index in [9.17, 15) is 26.3 Å². The van der Waals surface area contributed by atoms with Crippen LogP contribution in [0.2, 0.25) is 0 Å². The van der Waals surface area contributed by atoms with Crippen molar-refractivity contribution in [3.63, 3.8) is 0 Å². The Morgan fingerprint density at radius 1 is 0.846 bits per heavy atom. The molecule has 0 fully saturated rings. The average molecular weight is 374 g/mol. The van der Waals surface area contributed by atoms with Gasteiger partial charge in [-0.15, -0.1) is 0 Å². The van der Waals surface area contributed by atoms with E-state index in [1.54, 1.807) is 0 Å². The Morgan fingerprint density at radius 2 is 1.46 bits per heavy atom. The summed E-state index contributed by atoms with van der Waals surface area (Å²) in [5.74, 6) is -2.69. The van der Waals surface area contributed by atoms with E-state index >= 15 is 0 Å². The summed E-state index contributed by atoms with van der Waals surface area (Å²) < 4.78 is 82.1. The summed E-state index contributed by atoms with van der Waals surface area (Å²) in [5, 5.41) is 0.103. The van der Waals surface area contributed by atoms with Gasteiger partial charge in [0, 0.05) is 18.0 Å². The molecule has 0 N–H and O–H groups in total. The minimum absolute atomic E-state index is 0.0819. The Bertz CT molecular complexity index is 953. The summed E-state index contributed by atoms with van der Waals surface area (Å²) in [7, 11) is 1.29. The summed E-state index contributed by atoms with van der Waals surface area (Å²) in [6, 6.07) is 4.21. The van der Waals surface area contributed by atoms with Crippen molar-refractivity contribution in [2.24, 2.45) is 0 Å². The second-order valence-electron chi connectivity index (χ2n) is 5.04. The van der Waals surface area contributed by atoms with E-state index in [4.69, 9.17) is 4.74 Å². The van der Waals surface area contributed by atoms with Gasteiger partial charge in [-0.25, -0.2) is 19.9 Å². The Hall–Kier alpha value is -2.98. The summed E-state index contributed by atoms with van der Waals surface area (Å²) in [4.78, 5) is 13.3. The zero-order valence-electron chi connectivity index (χ0n) is 12.9. The number of rotatable bonds is 2. The smallest absolute Gasteiger partial charge is 0.451 e. The fourth-order valence-electron chi connectivity index (χ4n) is 2.25. The molecule has 0 bridgehead atoms. The molecule has 1 aromatic carbocycles.